The highest BCUT2D eigenvalue weighted by Crippen LogP contribution is 2.39. The van der Waals surface area contributed by atoms with Gasteiger partial charge < -0.3 is 20.1 Å². The normalized spacial score (nSPS) is 16.1. The molecule has 0 amide bonds. The molecule has 3 N–H and O–H groups in total. The van der Waals surface area contributed by atoms with E-state index in [0.717, 1.165) is 26.4 Å². The van der Waals surface area contributed by atoms with Crippen LogP contribution in [0.25, 0.3) is 20.8 Å². The first-order valence-corrected chi connectivity index (χ1v) is 9.31. The van der Waals surface area contributed by atoms with Crippen molar-refractivity contribution in [3.8, 4) is 22.1 Å². The van der Waals surface area contributed by atoms with Gasteiger partial charge in [-0.2, -0.15) is 0 Å². The largest absolute Gasteiger partial charge is 0.504 e. The van der Waals surface area contributed by atoms with Gasteiger partial charge in [-0.15, -0.1) is 11.3 Å². The number of aliphatic hydroxyl groups excluding tert-OH is 2. The number of phenols is 1. The Morgan fingerprint density at radius 3 is 2.92 bits per heavy atom. The van der Waals surface area contributed by atoms with Gasteiger partial charge in [0.05, 0.1) is 22.9 Å². The summed E-state index contributed by atoms with van der Waals surface area (Å²) in [7, 11) is 0. The molecule has 0 radical (unpaired) electrons. The van der Waals surface area contributed by atoms with Gasteiger partial charge >= 0.3 is 0 Å². The van der Waals surface area contributed by atoms with Crippen molar-refractivity contribution in [2.45, 2.75) is 12.6 Å². The lowest BCUT2D eigenvalue weighted by molar-refractivity contribution is 0.0551. The van der Waals surface area contributed by atoms with Crippen LogP contribution in [0.4, 0.5) is 0 Å². The zero-order chi connectivity index (χ0) is 18.1. The fraction of sp³-hybridized carbons (Fsp3) is 0.316. The molecule has 0 aliphatic carbocycles. The van der Waals surface area contributed by atoms with Gasteiger partial charge in [-0.25, -0.2) is 4.98 Å². The molecule has 0 bridgehead atoms. The standard InChI is InChI=1S/C19H20N2O4S/c22-11-14(23)10-21-5-6-25-18-13(9-21)7-12(8-16(18)24)19-20-15-3-1-2-4-17(15)26-19/h1-4,7-8,14,22-24H,5-6,9-11H2/t14-/m0/s1. The summed E-state index contributed by atoms with van der Waals surface area (Å²) in [5.41, 5.74) is 2.63. The second-order valence-electron chi connectivity index (χ2n) is 6.39. The molecule has 1 aliphatic heterocycles. The minimum Gasteiger partial charge on any atom is -0.504 e. The van der Waals surface area contributed by atoms with E-state index in [9.17, 15) is 10.2 Å². The fourth-order valence-corrected chi connectivity index (χ4v) is 4.14. The quantitative estimate of drug-likeness (QED) is 0.651. The smallest absolute Gasteiger partial charge is 0.165 e. The van der Waals surface area contributed by atoms with Crippen molar-refractivity contribution in [2.24, 2.45) is 0 Å². The van der Waals surface area contributed by atoms with Crippen LogP contribution in [0.15, 0.2) is 36.4 Å². The molecule has 1 aliphatic rings. The molecular formula is C19H20N2O4S. The van der Waals surface area contributed by atoms with Crippen LogP contribution in [0.3, 0.4) is 0 Å². The summed E-state index contributed by atoms with van der Waals surface area (Å²) < 4.78 is 6.82. The first kappa shape index (κ1) is 17.2. The number of aromatic hydroxyl groups is 1. The lowest BCUT2D eigenvalue weighted by Gasteiger charge is -2.21. The summed E-state index contributed by atoms with van der Waals surface area (Å²) in [5.74, 6) is 0.581. The number of aromatic nitrogens is 1. The average molecular weight is 372 g/mol. The SMILES string of the molecule is OC[C@@H](O)CN1CCOc2c(O)cc(-c3nc4ccccc4s3)cc2C1. The molecule has 1 atom stereocenters. The first-order valence-electron chi connectivity index (χ1n) is 8.50. The predicted octanol–water partition coefficient (Wildman–Crippen LogP) is 2.22. The zero-order valence-electron chi connectivity index (χ0n) is 14.1. The Labute approximate surface area is 154 Å². The molecule has 0 spiro atoms. The van der Waals surface area contributed by atoms with Gasteiger partial charge in [-0.3, -0.25) is 4.90 Å². The number of phenolic OH excluding ortho intramolecular Hbond substituents is 1. The fourth-order valence-electron chi connectivity index (χ4n) is 3.18. The van der Waals surface area contributed by atoms with Gasteiger partial charge in [0, 0.05) is 30.8 Å². The van der Waals surface area contributed by atoms with Crippen molar-refractivity contribution in [2.75, 3.05) is 26.3 Å². The first-order chi connectivity index (χ1) is 12.6. The van der Waals surface area contributed by atoms with E-state index in [-0.39, 0.29) is 12.4 Å². The number of rotatable bonds is 4. The van der Waals surface area contributed by atoms with Gasteiger partial charge in [-0.05, 0) is 24.3 Å². The highest BCUT2D eigenvalue weighted by atomic mass is 32.1. The Hall–Kier alpha value is -2.19. The lowest BCUT2D eigenvalue weighted by Crippen LogP contribution is -2.35. The maximum absolute atomic E-state index is 10.5. The van der Waals surface area contributed by atoms with Gasteiger partial charge in [0.25, 0.3) is 0 Å². The lowest BCUT2D eigenvalue weighted by atomic mass is 10.1. The van der Waals surface area contributed by atoms with E-state index in [0.29, 0.717) is 32.0 Å². The maximum Gasteiger partial charge on any atom is 0.165 e. The third kappa shape index (κ3) is 3.39. The third-order valence-corrected chi connectivity index (χ3v) is 5.50. The summed E-state index contributed by atoms with van der Waals surface area (Å²) in [6, 6.07) is 11.6. The predicted molar refractivity (Wildman–Crippen MR) is 101 cm³/mol. The van der Waals surface area contributed by atoms with Gasteiger partial charge in [0.1, 0.15) is 11.6 Å². The van der Waals surface area contributed by atoms with Crippen LogP contribution in [0.1, 0.15) is 5.56 Å². The van der Waals surface area contributed by atoms with Crippen LogP contribution in [-0.4, -0.2) is 57.6 Å². The van der Waals surface area contributed by atoms with Crippen LogP contribution < -0.4 is 4.74 Å². The molecule has 3 aromatic rings. The minimum atomic E-state index is -0.794. The number of nitrogens with zero attached hydrogens (tertiary/aromatic N) is 2. The molecule has 0 fully saturated rings. The molecule has 0 saturated carbocycles. The number of fused-ring (bicyclic) bond motifs is 2. The number of ether oxygens (including phenoxy) is 1. The molecule has 0 unspecified atom stereocenters. The van der Waals surface area contributed by atoms with Crippen molar-refractivity contribution >= 4 is 21.6 Å². The number of aliphatic hydroxyl groups is 2. The summed E-state index contributed by atoms with van der Waals surface area (Å²) >= 11 is 1.58. The summed E-state index contributed by atoms with van der Waals surface area (Å²) in [6.07, 6.45) is -0.794. The van der Waals surface area contributed by atoms with E-state index in [1.807, 2.05) is 35.2 Å². The van der Waals surface area contributed by atoms with Crippen LogP contribution in [0.5, 0.6) is 11.5 Å². The van der Waals surface area contributed by atoms with E-state index in [4.69, 9.17) is 9.84 Å². The average Bonchev–Trinajstić information content (AvgIpc) is 2.97. The third-order valence-electron chi connectivity index (χ3n) is 4.41. The maximum atomic E-state index is 10.5. The second-order valence-corrected chi connectivity index (χ2v) is 7.42. The van der Waals surface area contributed by atoms with Gasteiger partial charge in [0.2, 0.25) is 0 Å². The highest BCUT2D eigenvalue weighted by Gasteiger charge is 2.22. The van der Waals surface area contributed by atoms with Gasteiger partial charge in [0.15, 0.2) is 11.5 Å². The molecule has 26 heavy (non-hydrogen) atoms. The van der Waals surface area contributed by atoms with Crippen LogP contribution in [0.2, 0.25) is 0 Å². The molecule has 136 valence electrons. The number of hydrogen-bond acceptors (Lipinski definition) is 7. The number of thiazole rings is 1. The Morgan fingerprint density at radius 1 is 1.27 bits per heavy atom. The number of hydrogen-bond donors (Lipinski definition) is 3. The molecular weight excluding hydrogens is 352 g/mol. The number of benzene rings is 2. The highest BCUT2D eigenvalue weighted by molar-refractivity contribution is 7.21. The monoisotopic (exact) mass is 372 g/mol. The molecule has 6 nitrogen and oxygen atoms in total. The topological polar surface area (TPSA) is 86.1 Å². The van der Waals surface area contributed by atoms with E-state index >= 15 is 0 Å². The molecule has 2 aromatic carbocycles. The Bertz CT molecular complexity index is 894. The van der Waals surface area contributed by atoms with Crippen LogP contribution >= 0.6 is 11.3 Å². The van der Waals surface area contributed by atoms with E-state index in [1.165, 1.54) is 0 Å². The van der Waals surface area contributed by atoms with E-state index in [2.05, 4.69) is 4.98 Å². The number of β-amino-alcohol motifs (C(OH)–C–C–N with tert-alkyl or cyclic N) is 1. The number of para-hydroxylation sites is 1. The molecule has 4 rings (SSSR count). The van der Waals surface area contributed by atoms with E-state index < -0.39 is 6.10 Å². The van der Waals surface area contributed by atoms with Crippen molar-refractivity contribution in [3.63, 3.8) is 0 Å². The molecule has 1 aromatic heterocycles. The summed E-state index contributed by atoms with van der Waals surface area (Å²) in [5, 5.41) is 30.1. The van der Waals surface area contributed by atoms with Crippen molar-refractivity contribution in [1.29, 1.82) is 0 Å². The molecule has 7 heteroatoms. The minimum absolute atomic E-state index is 0.0984. The molecule has 2 heterocycles. The summed E-state index contributed by atoms with van der Waals surface area (Å²) in [4.78, 5) is 6.67. The molecule has 0 saturated heterocycles. The van der Waals surface area contributed by atoms with Crippen LogP contribution in [-0.2, 0) is 6.54 Å². The van der Waals surface area contributed by atoms with Crippen molar-refractivity contribution in [3.05, 3.63) is 42.0 Å². The van der Waals surface area contributed by atoms with Crippen LogP contribution in [0, 0.1) is 0 Å². The van der Waals surface area contributed by atoms with E-state index in [1.54, 1.807) is 17.4 Å². The van der Waals surface area contributed by atoms with Crippen molar-refractivity contribution in [1.82, 2.24) is 9.88 Å². The van der Waals surface area contributed by atoms with Gasteiger partial charge in [-0.1, -0.05) is 12.1 Å². The Morgan fingerprint density at radius 2 is 2.12 bits per heavy atom. The zero-order valence-corrected chi connectivity index (χ0v) is 14.9. The second kappa shape index (κ2) is 7.20. The van der Waals surface area contributed by atoms with Crippen molar-refractivity contribution < 1.29 is 20.1 Å². The Balaban J connectivity index is 1.69. The Kier molecular flexibility index (Phi) is 4.78. The summed E-state index contributed by atoms with van der Waals surface area (Å²) in [6.45, 7) is 1.63.